The van der Waals surface area contributed by atoms with Crippen molar-refractivity contribution in [1.82, 2.24) is 0 Å². The molecule has 0 fully saturated rings. The molecule has 1 unspecified atom stereocenters. The van der Waals surface area contributed by atoms with Gasteiger partial charge in [0.25, 0.3) is 0 Å². The van der Waals surface area contributed by atoms with Gasteiger partial charge in [-0.2, -0.15) is 0 Å². The van der Waals surface area contributed by atoms with Crippen LogP contribution in [0.25, 0.3) is 0 Å². The Hall–Kier alpha value is -1.03. The van der Waals surface area contributed by atoms with E-state index in [9.17, 15) is 4.39 Å². The zero-order valence-corrected chi connectivity index (χ0v) is 6.19. The Bertz CT molecular complexity index is 270. The third-order valence-electron chi connectivity index (χ3n) is 1.31. The maximum absolute atomic E-state index is 12.7. The van der Waals surface area contributed by atoms with Crippen molar-refractivity contribution >= 4 is 17.3 Å². The minimum atomic E-state index is -1.70. The fourth-order valence-electron chi connectivity index (χ4n) is 0.710. The Labute approximate surface area is 67.5 Å². The highest BCUT2D eigenvalue weighted by Crippen LogP contribution is 2.22. The standard InChI is InChI=1S/C6H6ClFN2O/c7-4-3(11)1-2(9)5(8)6(4)10/h1,5,10-11H,9H2. The minimum Gasteiger partial charge on any atom is -0.506 e. The molecule has 0 aromatic carbocycles. The van der Waals surface area contributed by atoms with E-state index in [0.717, 1.165) is 6.08 Å². The summed E-state index contributed by atoms with van der Waals surface area (Å²) in [4.78, 5) is 0. The first kappa shape index (κ1) is 8.07. The van der Waals surface area contributed by atoms with E-state index < -0.39 is 11.9 Å². The molecule has 1 atom stereocenters. The number of aliphatic hydroxyl groups is 1. The Morgan fingerprint density at radius 2 is 2.27 bits per heavy atom. The van der Waals surface area contributed by atoms with Crippen LogP contribution in [-0.2, 0) is 0 Å². The van der Waals surface area contributed by atoms with Gasteiger partial charge < -0.3 is 16.2 Å². The topological polar surface area (TPSA) is 70.1 Å². The first-order chi connectivity index (χ1) is 5.04. The molecule has 1 aliphatic rings. The van der Waals surface area contributed by atoms with Crippen molar-refractivity contribution in [3.63, 3.8) is 0 Å². The third-order valence-corrected chi connectivity index (χ3v) is 1.71. The van der Waals surface area contributed by atoms with Crippen molar-refractivity contribution in [2.45, 2.75) is 6.17 Å². The molecule has 0 heterocycles. The second-order valence-corrected chi connectivity index (χ2v) is 2.50. The second kappa shape index (κ2) is 2.54. The van der Waals surface area contributed by atoms with Crippen molar-refractivity contribution in [2.75, 3.05) is 0 Å². The largest absolute Gasteiger partial charge is 0.506 e. The third kappa shape index (κ3) is 1.21. The van der Waals surface area contributed by atoms with Crippen LogP contribution < -0.4 is 5.73 Å². The predicted octanol–water partition coefficient (Wildman–Crippen LogP) is 1.21. The van der Waals surface area contributed by atoms with Crippen LogP contribution in [-0.4, -0.2) is 17.0 Å². The molecular weight excluding hydrogens is 171 g/mol. The number of hydrogen-bond acceptors (Lipinski definition) is 3. The smallest absolute Gasteiger partial charge is 0.182 e. The number of hydrogen-bond donors (Lipinski definition) is 3. The van der Waals surface area contributed by atoms with Crippen molar-refractivity contribution in [3.8, 4) is 0 Å². The molecule has 1 aliphatic carbocycles. The summed E-state index contributed by atoms with van der Waals surface area (Å²) in [6.07, 6.45) is -0.691. The molecule has 1 rings (SSSR count). The van der Waals surface area contributed by atoms with Gasteiger partial charge in [0.05, 0.1) is 11.4 Å². The van der Waals surface area contributed by atoms with Crippen LogP contribution in [0.4, 0.5) is 4.39 Å². The van der Waals surface area contributed by atoms with Gasteiger partial charge in [0.2, 0.25) is 0 Å². The zero-order valence-electron chi connectivity index (χ0n) is 5.44. The molecule has 0 aromatic rings. The summed E-state index contributed by atoms with van der Waals surface area (Å²) in [6.45, 7) is 0. The first-order valence-corrected chi connectivity index (χ1v) is 3.20. The van der Waals surface area contributed by atoms with Crippen LogP contribution in [0, 0.1) is 5.41 Å². The van der Waals surface area contributed by atoms with Gasteiger partial charge in [-0.05, 0) is 0 Å². The van der Waals surface area contributed by atoms with Crippen LogP contribution in [0.2, 0.25) is 0 Å². The van der Waals surface area contributed by atoms with E-state index in [1.807, 2.05) is 0 Å². The molecule has 3 nitrogen and oxygen atoms in total. The van der Waals surface area contributed by atoms with Crippen molar-refractivity contribution < 1.29 is 9.50 Å². The number of alkyl halides is 1. The molecule has 0 aliphatic heterocycles. The highest BCUT2D eigenvalue weighted by molar-refractivity contribution is 6.44. The molecule has 0 aromatic heterocycles. The monoisotopic (exact) mass is 176 g/mol. The van der Waals surface area contributed by atoms with E-state index in [-0.39, 0.29) is 16.5 Å². The van der Waals surface area contributed by atoms with E-state index in [2.05, 4.69) is 0 Å². The summed E-state index contributed by atoms with van der Waals surface area (Å²) in [7, 11) is 0. The van der Waals surface area contributed by atoms with Gasteiger partial charge >= 0.3 is 0 Å². The summed E-state index contributed by atoms with van der Waals surface area (Å²) >= 11 is 5.34. The molecule has 60 valence electrons. The Morgan fingerprint density at radius 1 is 1.73 bits per heavy atom. The molecule has 0 spiro atoms. The van der Waals surface area contributed by atoms with Crippen molar-refractivity contribution in [2.24, 2.45) is 5.73 Å². The Balaban J connectivity index is 3.11. The van der Waals surface area contributed by atoms with Gasteiger partial charge in [-0.15, -0.1) is 0 Å². The molecule has 5 heteroatoms. The summed E-state index contributed by atoms with van der Waals surface area (Å²) < 4.78 is 12.7. The number of aliphatic hydroxyl groups excluding tert-OH is 1. The quantitative estimate of drug-likeness (QED) is 0.519. The Morgan fingerprint density at radius 3 is 2.82 bits per heavy atom. The van der Waals surface area contributed by atoms with Gasteiger partial charge in [0.1, 0.15) is 10.8 Å². The number of halogens is 2. The molecular formula is C6H6ClFN2O. The fraction of sp³-hybridized carbons (Fsp3) is 0.167. The van der Waals surface area contributed by atoms with E-state index in [4.69, 9.17) is 27.9 Å². The van der Waals surface area contributed by atoms with E-state index in [1.165, 1.54) is 0 Å². The molecule has 0 saturated carbocycles. The summed E-state index contributed by atoms with van der Waals surface area (Å²) in [5, 5.41) is 15.7. The highest BCUT2D eigenvalue weighted by Gasteiger charge is 2.25. The fourth-order valence-corrected chi connectivity index (χ4v) is 0.861. The van der Waals surface area contributed by atoms with Crippen molar-refractivity contribution in [3.05, 3.63) is 22.6 Å². The molecule has 0 radical (unpaired) electrons. The second-order valence-electron chi connectivity index (χ2n) is 2.12. The molecule has 0 amide bonds. The number of nitrogens with one attached hydrogen (secondary N) is 1. The van der Waals surface area contributed by atoms with Crippen LogP contribution in [0.3, 0.4) is 0 Å². The van der Waals surface area contributed by atoms with Gasteiger partial charge in [0.15, 0.2) is 6.17 Å². The highest BCUT2D eigenvalue weighted by atomic mass is 35.5. The molecule has 4 N–H and O–H groups in total. The summed E-state index contributed by atoms with van der Waals surface area (Å²) in [6, 6.07) is 0. The number of rotatable bonds is 0. The lowest BCUT2D eigenvalue weighted by Crippen LogP contribution is -2.26. The minimum absolute atomic E-state index is 0.197. The van der Waals surface area contributed by atoms with E-state index in [0.29, 0.717) is 0 Å². The average Bonchev–Trinajstić information content (AvgIpc) is 1.97. The van der Waals surface area contributed by atoms with Crippen LogP contribution in [0.5, 0.6) is 0 Å². The van der Waals surface area contributed by atoms with Crippen molar-refractivity contribution in [1.29, 1.82) is 5.41 Å². The van der Waals surface area contributed by atoms with E-state index >= 15 is 0 Å². The molecule has 0 saturated heterocycles. The first-order valence-electron chi connectivity index (χ1n) is 2.82. The molecule has 0 bridgehead atoms. The van der Waals surface area contributed by atoms with Gasteiger partial charge in [-0.25, -0.2) is 4.39 Å². The van der Waals surface area contributed by atoms with Crippen LogP contribution in [0.15, 0.2) is 22.6 Å². The lowest BCUT2D eigenvalue weighted by molar-refractivity contribution is 0.415. The summed E-state index contributed by atoms with van der Waals surface area (Å²) in [5.74, 6) is -0.358. The summed E-state index contributed by atoms with van der Waals surface area (Å²) in [5.41, 5.74) is 4.42. The Kier molecular flexibility index (Phi) is 1.87. The van der Waals surface area contributed by atoms with Crippen LogP contribution in [0.1, 0.15) is 0 Å². The zero-order chi connectivity index (χ0) is 8.59. The van der Waals surface area contributed by atoms with Crippen LogP contribution >= 0.6 is 11.6 Å². The number of nitrogens with two attached hydrogens (primary N) is 1. The normalized spacial score (nSPS) is 25.5. The SMILES string of the molecule is N=C1C(Cl)=C(O)C=C(N)C1F. The van der Waals surface area contributed by atoms with Gasteiger partial charge in [0, 0.05) is 6.08 Å². The average molecular weight is 177 g/mol. The number of allylic oxidation sites excluding steroid dienone is 3. The van der Waals surface area contributed by atoms with E-state index in [1.54, 1.807) is 0 Å². The lowest BCUT2D eigenvalue weighted by Gasteiger charge is -2.14. The van der Waals surface area contributed by atoms with Gasteiger partial charge in [-0.1, -0.05) is 11.6 Å². The predicted molar refractivity (Wildman–Crippen MR) is 40.4 cm³/mol. The van der Waals surface area contributed by atoms with Gasteiger partial charge in [-0.3, -0.25) is 0 Å². The maximum Gasteiger partial charge on any atom is 0.182 e. The lowest BCUT2D eigenvalue weighted by atomic mass is 10.1. The molecule has 11 heavy (non-hydrogen) atoms. The maximum atomic E-state index is 12.7.